The molecule has 0 saturated carbocycles. The molecule has 6 nitrogen and oxygen atoms in total. The van der Waals surface area contributed by atoms with Crippen LogP contribution in [0.4, 0.5) is 5.95 Å². The SMILES string of the molecule is COc1ccc(OCc2nc(N)n(C)n2)cc1. The molecule has 0 bridgehead atoms. The molecule has 1 aromatic heterocycles. The van der Waals surface area contributed by atoms with Gasteiger partial charge in [-0.05, 0) is 24.3 Å². The molecule has 6 heteroatoms. The summed E-state index contributed by atoms with van der Waals surface area (Å²) in [7, 11) is 3.36. The normalized spacial score (nSPS) is 10.2. The number of nitrogens with two attached hydrogens (primary N) is 1. The Morgan fingerprint density at radius 2 is 1.88 bits per heavy atom. The minimum atomic E-state index is 0.289. The summed E-state index contributed by atoms with van der Waals surface area (Å²) < 4.78 is 12.1. The molecule has 2 aromatic rings. The number of methoxy groups -OCH3 is 1. The van der Waals surface area contributed by atoms with Crippen molar-refractivity contribution in [3.05, 3.63) is 30.1 Å². The average Bonchev–Trinajstić information content (AvgIpc) is 2.67. The number of nitrogens with zero attached hydrogens (tertiary/aromatic N) is 3. The van der Waals surface area contributed by atoms with E-state index in [0.29, 0.717) is 11.8 Å². The van der Waals surface area contributed by atoms with E-state index in [9.17, 15) is 0 Å². The summed E-state index contributed by atoms with van der Waals surface area (Å²) in [5.74, 6) is 2.45. The Morgan fingerprint density at radius 1 is 1.24 bits per heavy atom. The highest BCUT2D eigenvalue weighted by Gasteiger charge is 2.04. The van der Waals surface area contributed by atoms with Crippen molar-refractivity contribution in [3.8, 4) is 11.5 Å². The van der Waals surface area contributed by atoms with Crippen molar-refractivity contribution in [2.75, 3.05) is 12.8 Å². The van der Waals surface area contributed by atoms with Gasteiger partial charge < -0.3 is 15.2 Å². The van der Waals surface area contributed by atoms with Crippen LogP contribution in [0.5, 0.6) is 11.5 Å². The molecule has 17 heavy (non-hydrogen) atoms. The van der Waals surface area contributed by atoms with Crippen molar-refractivity contribution in [2.24, 2.45) is 7.05 Å². The summed E-state index contributed by atoms with van der Waals surface area (Å²) in [5.41, 5.74) is 5.56. The smallest absolute Gasteiger partial charge is 0.218 e. The molecule has 2 N–H and O–H groups in total. The number of hydrogen-bond donors (Lipinski definition) is 1. The summed E-state index contributed by atoms with van der Waals surface area (Å²) in [6.07, 6.45) is 0. The zero-order valence-corrected chi connectivity index (χ0v) is 9.75. The van der Waals surface area contributed by atoms with Crippen molar-refractivity contribution in [1.82, 2.24) is 14.8 Å². The molecule has 2 rings (SSSR count). The van der Waals surface area contributed by atoms with Crippen molar-refractivity contribution in [1.29, 1.82) is 0 Å². The lowest BCUT2D eigenvalue weighted by molar-refractivity contribution is 0.295. The summed E-state index contributed by atoms with van der Waals surface area (Å²) in [4.78, 5) is 4.04. The van der Waals surface area contributed by atoms with E-state index < -0.39 is 0 Å². The van der Waals surface area contributed by atoms with Gasteiger partial charge in [-0.1, -0.05) is 0 Å². The first-order valence-corrected chi connectivity index (χ1v) is 5.11. The fraction of sp³-hybridized carbons (Fsp3) is 0.273. The van der Waals surface area contributed by atoms with Crippen LogP contribution in [0.25, 0.3) is 0 Å². The number of rotatable bonds is 4. The number of benzene rings is 1. The molecule has 1 heterocycles. The highest BCUT2D eigenvalue weighted by Crippen LogP contribution is 2.17. The molecule has 0 radical (unpaired) electrons. The van der Waals surface area contributed by atoms with Crippen LogP contribution in [0.3, 0.4) is 0 Å². The molecule has 90 valence electrons. The van der Waals surface area contributed by atoms with E-state index in [1.54, 1.807) is 14.2 Å². The lowest BCUT2D eigenvalue weighted by Gasteiger charge is -2.04. The molecular weight excluding hydrogens is 220 g/mol. The molecule has 1 aromatic carbocycles. The lowest BCUT2D eigenvalue weighted by atomic mass is 10.3. The lowest BCUT2D eigenvalue weighted by Crippen LogP contribution is -1.99. The maximum Gasteiger partial charge on any atom is 0.218 e. The first kappa shape index (κ1) is 11.3. The van der Waals surface area contributed by atoms with Gasteiger partial charge in [0, 0.05) is 7.05 Å². The largest absolute Gasteiger partial charge is 0.497 e. The van der Waals surface area contributed by atoms with Gasteiger partial charge in [-0.25, -0.2) is 4.68 Å². The Hall–Kier alpha value is -2.24. The molecule has 0 unspecified atom stereocenters. The predicted octanol–water partition coefficient (Wildman–Crippen LogP) is 0.985. The summed E-state index contributed by atoms with van der Waals surface area (Å²) in [5, 5.41) is 4.09. The van der Waals surface area contributed by atoms with Gasteiger partial charge in [0.1, 0.15) is 18.1 Å². The third-order valence-corrected chi connectivity index (χ3v) is 2.27. The first-order chi connectivity index (χ1) is 8.19. The van der Waals surface area contributed by atoms with Gasteiger partial charge in [0.15, 0.2) is 5.82 Å². The number of aryl methyl sites for hydroxylation is 1. The van der Waals surface area contributed by atoms with E-state index in [4.69, 9.17) is 15.2 Å². The predicted molar refractivity (Wildman–Crippen MR) is 62.7 cm³/mol. The second kappa shape index (κ2) is 4.73. The minimum absolute atomic E-state index is 0.289. The van der Waals surface area contributed by atoms with Crippen molar-refractivity contribution in [2.45, 2.75) is 6.61 Å². The molecule has 0 fully saturated rings. The minimum Gasteiger partial charge on any atom is -0.497 e. The van der Waals surface area contributed by atoms with E-state index in [1.807, 2.05) is 24.3 Å². The van der Waals surface area contributed by atoms with Crippen LogP contribution < -0.4 is 15.2 Å². The number of ether oxygens (including phenoxy) is 2. The molecule has 0 aliphatic heterocycles. The molecule has 0 aliphatic carbocycles. The van der Waals surface area contributed by atoms with Crippen molar-refractivity contribution >= 4 is 5.95 Å². The molecule has 0 saturated heterocycles. The van der Waals surface area contributed by atoms with E-state index in [-0.39, 0.29) is 6.61 Å². The molecular formula is C11H14N4O2. The Labute approximate surface area is 99.0 Å². The van der Waals surface area contributed by atoms with Gasteiger partial charge in [0.05, 0.1) is 7.11 Å². The quantitative estimate of drug-likeness (QED) is 0.853. The monoisotopic (exact) mass is 234 g/mol. The Bertz CT molecular complexity index is 473. The second-order valence-corrected chi connectivity index (χ2v) is 3.47. The summed E-state index contributed by atoms with van der Waals surface area (Å²) in [6, 6.07) is 7.31. The summed E-state index contributed by atoms with van der Waals surface area (Å²) >= 11 is 0. The Morgan fingerprint density at radius 3 is 2.41 bits per heavy atom. The van der Waals surface area contributed by atoms with Crippen molar-refractivity contribution in [3.63, 3.8) is 0 Å². The molecule has 0 aliphatic rings. The van der Waals surface area contributed by atoms with Crippen LogP contribution in [0.15, 0.2) is 24.3 Å². The van der Waals surface area contributed by atoms with E-state index in [1.165, 1.54) is 4.68 Å². The van der Waals surface area contributed by atoms with E-state index >= 15 is 0 Å². The maximum absolute atomic E-state index is 5.56. The highest BCUT2D eigenvalue weighted by atomic mass is 16.5. The Kier molecular flexibility index (Phi) is 3.13. The number of anilines is 1. The third-order valence-electron chi connectivity index (χ3n) is 2.27. The number of hydrogen-bond acceptors (Lipinski definition) is 5. The average molecular weight is 234 g/mol. The Balaban J connectivity index is 1.97. The van der Waals surface area contributed by atoms with Gasteiger partial charge in [-0.3, -0.25) is 0 Å². The topological polar surface area (TPSA) is 75.2 Å². The fourth-order valence-corrected chi connectivity index (χ4v) is 1.33. The molecule has 0 spiro atoms. The van der Waals surface area contributed by atoms with Crippen LogP contribution in [0.2, 0.25) is 0 Å². The highest BCUT2D eigenvalue weighted by molar-refractivity contribution is 5.31. The van der Waals surface area contributed by atoms with Gasteiger partial charge in [-0.15, -0.1) is 0 Å². The third kappa shape index (κ3) is 2.66. The van der Waals surface area contributed by atoms with Crippen molar-refractivity contribution < 1.29 is 9.47 Å². The van der Waals surface area contributed by atoms with Gasteiger partial charge in [0.2, 0.25) is 5.95 Å². The van der Waals surface area contributed by atoms with Gasteiger partial charge in [0.25, 0.3) is 0 Å². The zero-order valence-electron chi connectivity index (χ0n) is 9.75. The molecule has 0 atom stereocenters. The summed E-state index contributed by atoms with van der Waals surface area (Å²) in [6.45, 7) is 0.289. The van der Waals surface area contributed by atoms with Gasteiger partial charge in [-0.2, -0.15) is 10.1 Å². The van der Waals surface area contributed by atoms with Crippen LogP contribution in [0, 0.1) is 0 Å². The standard InChI is InChI=1S/C11H14N4O2/c1-15-11(12)13-10(14-15)7-17-9-5-3-8(16-2)4-6-9/h3-6H,7H2,1-2H3,(H2,12,13,14). The van der Waals surface area contributed by atoms with Crippen LogP contribution in [0.1, 0.15) is 5.82 Å². The number of aromatic nitrogens is 3. The van der Waals surface area contributed by atoms with Crippen LogP contribution in [-0.4, -0.2) is 21.9 Å². The zero-order chi connectivity index (χ0) is 12.3. The van der Waals surface area contributed by atoms with E-state index in [2.05, 4.69) is 10.1 Å². The second-order valence-electron chi connectivity index (χ2n) is 3.47. The van der Waals surface area contributed by atoms with Gasteiger partial charge >= 0.3 is 0 Å². The molecule has 0 amide bonds. The fourth-order valence-electron chi connectivity index (χ4n) is 1.33. The maximum atomic E-state index is 5.56. The van der Waals surface area contributed by atoms with Crippen LogP contribution in [-0.2, 0) is 13.7 Å². The van der Waals surface area contributed by atoms with Crippen LogP contribution >= 0.6 is 0 Å². The number of nitrogen functional groups attached to an aromatic ring is 1. The van der Waals surface area contributed by atoms with E-state index in [0.717, 1.165) is 11.5 Å². The first-order valence-electron chi connectivity index (χ1n) is 5.11.